The maximum absolute atomic E-state index is 12.5. The van der Waals surface area contributed by atoms with Crippen LogP contribution in [-0.2, 0) is 17.8 Å². The van der Waals surface area contributed by atoms with Gasteiger partial charge in [0.05, 0.1) is 13.2 Å². The summed E-state index contributed by atoms with van der Waals surface area (Å²) in [6.07, 6.45) is 3.81. The maximum Gasteiger partial charge on any atom is 0.276 e. The smallest absolute Gasteiger partial charge is 0.276 e. The van der Waals surface area contributed by atoms with Gasteiger partial charge in [0.15, 0.2) is 0 Å². The molecule has 1 amide bonds. The number of carbonyl (C=O) groups excluding carboxylic acids is 1. The van der Waals surface area contributed by atoms with E-state index in [1.54, 1.807) is 7.11 Å². The van der Waals surface area contributed by atoms with Crippen LogP contribution in [-0.4, -0.2) is 47.4 Å². The van der Waals surface area contributed by atoms with Crippen LogP contribution in [0.3, 0.4) is 0 Å². The summed E-state index contributed by atoms with van der Waals surface area (Å²) in [4.78, 5) is 26.8. The minimum Gasteiger partial charge on any atom is -0.383 e. The molecule has 1 aliphatic rings. The highest BCUT2D eigenvalue weighted by Crippen LogP contribution is 2.16. The van der Waals surface area contributed by atoms with E-state index in [9.17, 15) is 9.59 Å². The van der Waals surface area contributed by atoms with Gasteiger partial charge in [0.2, 0.25) is 0 Å². The Hall–Kier alpha value is -2.51. The number of methoxy groups -OCH3 is 1. The van der Waals surface area contributed by atoms with Crippen molar-refractivity contribution in [3.05, 3.63) is 58.0 Å². The molecule has 1 N–H and O–H groups in total. The number of rotatable bonds is 7. The number of ether oxygens (including phenoxy) is 1. The first-order valence-corrected chi connectivity index (χ1v) is 9.35. The highest BCUT2D eigenvalue weighted by atomic mass is 16.5. The number of likely N-dealkylation sites (tertiary alicyclic amines) is 1. The molecule has 27 heavy (non-hydrogen) atoms. The Bertz CT molecular complexity index is 828. The normalized spacial score (nSPS) is 14.9. The SMILES string of the molecule is COCCn1nc(C(=O)Nc2cccc(CN3CCCCC3)c2)ccc1=O. The molecule has 1 fully saturated rings. The fraction of sp³-hybridized carbons (Fsp3) is 0.450. The predicted octanol–water partition coefficient (Wildman–Crippen LogP) is 2.13. The van der Waals surface area contributed by atoms with Crippen molar-refractivity contribution in [2.75, 3.05) is 32.1 Å². The first kappa shape index (κ1) is 19.3. The van der Waals surface area contributed by atoms with E-state index >= 15 is 0 Å². The highest BCUT2D eigenvalue weighted by Gasteiger charge is 2.13. The molecule has 2 heterocycles. The second kappa shape index (κ2) is 9.43. The van der Waals surface area contributed by atoms with Crippen molar-refractivity contribution in [2.24, 2.45) is 0 Å². The lowest BCUT2D eigenvalue weighted by atomic mass is 10.1. The van der Waals surface area contributed by atoms with Crippen LogP contribution in [0.25, 0.3) is 0 Å². The molecule has 0 radical (unpaired) electrons. The zero-order valence-corrected chi connectivity index (χ0v) is 15.7. The molecule has 0 bridgehead atoms. The van der Waals surface area contributed by atoms with Crippen molar-refractivity contribution in [3.63, 3.8) is 0 Å². The van der Waals surface area contributed by atoms with Crippen LogP contribution < -0.4 is 10.9 Å². The molecule has 7 heteroatoms. The Labute approximate surface area is 158 Å². The van der Waals surface area contributed by atoms with Gasteiger partial charge in [0.25, 0.3) is 11.5 Å². The Kier molecular flexibility index (Phi) is 6.73. The molecule has 0 spiro atoms. The lowest BCUT2D eigenvalue weighted by molar-refractivity contribution is 0.101. The molecule has 1 aromatic carbocycles. The number of hydrogen-bond donors (Lipinski definition) is 1. The monoisotopic (exact) mass is 370 g/mol. The van der Waals surface area contributed by atoms with E-state index in [-0.39, 0.29) is 17.2 Å². The van der Waals surface area contributed by atoms with Gasteiger partial charge in [-0.3, -0.25) is 14.5 Å². The topological polar surface area (TPSA) is 76.5 Å². The van der Waals surface area contributed by atoms with Crippen LogP contribution in [0.15, 0.2) is 41.2 Å². The Morgan fingerprint density at radius 3 is 2.78 bits per heavy atom. The van der Waals surface area contributed by atoms with E-state index in [1.807, 2.05) is 18.2 Å². The van der Waals surface area contributed by atoms with Crippen LogP contribution >= 0.6 is 0 Å². The fourth-order valence-corrected chi connectivity index (χ4v) is 3.23. The number of carbonyl (C=O) groups is 1. The summed E-state index contributed by atoms with van der Waals surface area (Å²) in [6.45, 7) is 3.81. The first-order valence-electron chi connectivity index (χ1n) is 9.35. The molecule has 0 aliphatic carbocycles. The number of hydrogen-bond acceptors (Lipinski definition) is 5. The molecule has 1 aromatic heterocycles. The lowest BCUT2D eigenvalue weighted by Gasteiger charge is -2.26. The molecule has 0 saturated carbocycles. The van der Waals surface area contributed by atoms with Crippen LogP contribution in [0.1, 0.15) is 35.3 Å². The number of aromatic nitrogens is 2. The van der Waals surface area contributed by atoms with Crippen molar-refractivity contribution in [1.29, 1.82) is 0 Å². The Morgan fingerprint density at radius 1 is 1.19 bits per heavy atom. The quantitative estimate of drug-likeness (QED) is 0.808. The molecular weight excluding hydrogens is 344 g/mol. The molecule has 0 unspecified atom stereocenters. The third kappa shape index (κ3) is 5.48. The maximum atomic E-state index is 12.5. The minimum absolute atomic E-state index is 0.201. The van der Waals surface area contributed by atoms with Crippen molar-refractivity contribution in [3.8, 4) is 0 Å². The third-order valence-electron chi connectivity index (χ3n) is 4.65. The van der Waals surface area contributed by atoms with E-state index in [0.29, 0.717) is 13.2 Å². The zero-order valence-electron chi connectivity index (χ0n) is 15.7. The summed E-state index contributed by atoms with van der Waals surface area (Å²) in [7, 11) is 1.55. The summed E-state index contributed by atoms with van der Waals surface area (Å²) in [5, 5.41) is 7.00. The van der Waals surface area contributed by atoms with Gasteiger partial charge in [-0.25, -0.2) is 4.68 Å². The fourth-order valence-electron chi connectivity index (χ4n) is 3.23. The molecule has 0 atom stereocenters. The van der Waals surface area contributed by atoms with E-state index in [2.05, 4.69) is 21.4 Å². The van der Waals surface area contributed by atoms with Gasteiger partial charge >= 0.3 is 0 Å². The van der Waals surface area contributed by atoms with Crippen LogP contribution in [0.4, 0.5) is 5.69 Å². The van der Waals surface area contributed by atoms with Crippen molar-refractivity contribution >= 4 is 11.6 Å². The van der Waals surface area contributed by atoms with Gasteiger partial charge in [0, 0.05) is 25.4 Å². The molecular formula is C20H26N4O3. The van der Waals surface area contributed by atoms with Crippen LogP contribution in [0, 0.1) is 0 Å². The molecule has 1 aliphatic heterocycles. The third-order valence-corrected chi connectivity index (χ3v) is 4.65. The van der Waals surface area contributed by atoms with Gasteiger partial charge in [-0.05, 0) is 49.7 Å². The minimum atomic E-state index is -0.337. The number of anilines is 1. The van der Waals surface area contributed by atoms with Crippen LogP contribution in [0.5, 0.6) is 0 Å². The Balaban J connectivity index is 1.67. The number of piperidine rings is 1. The molecule has 3 rings (SSSR count). The summed E-state index contributed by atoms with van der Waals surface area (Å²) in [6, 6.07) is 10.7. The van der Waals surface area contributed by atoms with Gasteiger partial charge in [-0.2, -0.15) is 5.10 Å². The van der Waals surface area contributed by atoms with Gasteiger partial charge in [-0.15, -0.1) is 0 Å². The highest BCUT2D eigenvalue weighted by molar-refractivity contribution is 6.02. The van der Waals surface area contributed by atoms with Gasteiger partial charge < -0.3 is 10.1 Å². The predicted molar refractivity (Wildman–Crippen MR) is 104 cm³/mol. The Morgan fingerprint density at radius 2 is 2.00 bits per heavy atom. The van der Waals surface area contributed by atoms with Crippen molar-refractivity contribution in [2.45, 2.75) is 32.4 Å². The number of nitrogens with one attached hydrogen (secondary N) is 1. The standard InChI is InChI=1S/C20H26N4O3/c1-27-13-12-24-19(25)9-8-18(22-24)20(26)21-17-7-5-6-16(14-17)15-23-10-3-2-4-11-23/h5-9,14H,2-4,10-13,15H2,1H3,(H,21,26). The van der Waals surface area contributed by atoms with Gasteiger partial charge in [0.1, 0.15) is 5.69 Å². The second-order valence-corrected chi connectivity index (χ2v) is 6.76. The van der Waals surface area contributed by atoms with E-state index in [0.717, 1.165) is 25.3 Å². The molecule has 144 valence electrons. The van der Waals surface area contributed by atoms with E-state index in [4.69, 9.17) is 4.74 Å². The lowest BCUT2D eigenvalue weighted by Crippen LogP contribution is -2.29. The molecule has 7 nitrogen and oxygen atoms in total. The zero-order chi connectivity index (χ0) is 19.1. The summed E-state index contributed by atoms with van der Waals surface area (Å²) in [5.74, 6) is -0.337. The summed E-state index contributed by atoms with van der Waals surface area (Å²) >= 11 is 0. The number of amides is 1. The molecule has 1 saturated heterocycles. The van der Waals surface area contributed by atoms with Crippen LogP contribution in [0.2, 0.25) is 0 Å². The summed E-state index contributed by atoms with van der Waals surface area (Å²) < 4.78 is 6.21. The number of nitrogens with zero attached hydrogens (tertiary/aromatic N) is 3. The molecule has 2 aromatic rings. The van der Waals surface area contributed by atoms with Crippen molar-refractivity contribution < 1.29 is 9.53 Å². The number of benzene rings is 1. The largest absolute Gasteiger partial charge is 0.383 e. The second-order valence-electron chi connectivity index (χ2n) is 6.76. The average Bonchev–Trinajstić information content (AvgIpc) is 2.68. The van der Waals surface area contributed by atoms with Gasteiger partial charge in [-0.1, -0.05) is 18.6 Å². The van der Waals surface area contributed by atoms with Crippen molar-refractivity contribution in [1.82, 2.24) is 14.7 Å². The van der Waals surface area contributed by atoms with E-state index in [1.165, 1.54) is 41.6 Å². The average molecular weight is 370 g/mol. The van der Waals surface area contributed by atoms with E-state index < -0.39 is 0 Å². The summed E-state index contributed by atoms with van der Waals surface area (Å²) in [5.41, 5.74) is 1.85. The first-order chi connectivity index (χ1) is 13.2.